The van der Waals surface area contributed by atoms with Crippen LogP contribution in [0, 0.1) is 0 Å². The van der Waals surface area contributed by atoms with Crippen molar-refractivity contribution >= 4 is 23.5 Å². The van der Waals surface area contributed by atoms with Crippen LogP contribution in [0.2, 0.25) is 0 Å². The molecule has 0 saturated heterocycles. The van der Waals surface area contributed by atoms with E-state index in [4.69, 9.17) is 22.4 Å². The number of unbranched alkanes of at least 4 members (excludes halogenated alkanes) is 1. The van der Waals surface area contributed by atoms with Gasteiger partial charge >= 0.3 is 5.97 Å². The molecule has 2 unspecified atom stereocenters. The Morgan fingerprint density at radius 2 is 1.90 bits per heavy atom. The summed E-state index contributed by atoms with van der Waals surface area (Å²) >= 11 is 5.57. The van der Waals surface area contributed by atoms with E-state index in [0.29, 0.717) is 52.0 Å². The smallest absolute Gasteiger partial charge is 0.303 e. The van der Waals surface area contributed by atoms with E-state index < -0.39 is 12.1 Å². The topological polar surface area (TPSA) is 117 Å². The number of quaternary nitrogens is 1. The number of aliphatic carboxylic acids is 1. The highest BCUT2D eigenvalue weighted by atomic mass is 35.5. The second-order valence-electron chi connectivity index (χ2n) is 5.00. The van der Waals surface area contributed by atoms with E-state index in [1.54, 1.807) is 0 Å². The first-order valence-electron chi connectivity index (χ1n) is 7.25. The minimum Gasteiger partial charge on any atom is -0.481 e. The van der Waals surface area contributed by atoms with Gasteiger partial charge in [-0.15, -0.1) is 11.6 Å². The van der Waals surface area contributed by atoms with Gasteiger partial charge in [-0.2, -0.15) is 0 Å². The van der Waals surface area contributed by atoms with Crippen LogP contribution < -0.4 is 16.0 Å². The van der Waals surface area contributed by atoms with Crippen molar-refractivity contribution in [1.29, 1.82) is 0 Å². The molecule has 0 heterocycles. The predicted octanol–water partition coefficient (Wildman–Crippen LogP) is -1.81. The number of alkyl halides is 1. The van der Waals surface area contributed by atoms with Gasteiger partial charge in [0, 0.05) is 19.4 Å². The van der Waals surface area contributed by atoms with Crippen molar-refractivity contribution in [3.05, 3.63) is 0 Å². The number of nitrogens with two attached hydrogens (primary N) is 1. The molecule has 124 valence electrons. The fourth-order valence-corrected chi connectivity index (χ4v) is 2.06. The minimum atomic E-state index is -0.839. The maximum Gasteiger partial charge on any atom is 0.303 e. The van der Waals surface area contributed by atoms with Gasteiger partial charge in [-0.05, 0) is 12.8 Å². The van der Waals surface area contributed by atoms with Crippen LogP contribution >= 0.6 is 11.6 Å². The number of amides is 1. The van der Waals surface area contributed by atoms with Crippen LogP contribution in [0.3, 0.4) is 0 Å². The molecule has 0 fully saturated rings. The highest BCUT2D eigenvalue weighted by molar-refractivity contribution is 6.18. The van der Waals surface area contributed by atoms with Crippen LogP contribution in [0.15, 0.2) is 0 Å². The molecule has 21 heavy (non-hydrogen) atoms. The van der Waals surface area contributed by atoms with Gasteiger partial charge in [-0.25, -0.2) is 0 Å². The summed E-state index contributed by atoms with van der Waals surface area (Å²) in [6.07, 6.45) is 0.944. The third-order valence-corrected chi connectivity index (χ3v) is 3.40. The van der Waals surface area contributed by atoms with Crippen molar-refractivity contribution < 1.29 is 24.7 Å². The van der Waals surface area contributed by atoms with E-state index in [1.807, 2.05) is 0 Å². The Morgan fingerprint density at radius 1 is 1.24 bits per heavy atom. The van der Waals surface area contributed by atoms with Crippen molar-refractivity contribution in [1.82, 2.24) is 5.32 Å². The maximum atomic E-state index is 11.5. The van der Waals surface area contributed by atoms with E-state index in [1.165, 1.54) is 0 Å². The van der Waals surface area contributed by atoms with Gasteiger partial charge in [-0.1, -0.05) is 0 Å². The van der Waals surface area contributed by atoms with Crippen molar-refractivity contribution in [2.75, 3.05) is 38.6 Å². The molecule has 0 rings (SSSR count). The summed E-state index contributed by atoms with van der Waals surface area (Å²) in [6.45, 7) is 2.90. The van der Waals surface area contributed by atoms with Crippen LogP contribution in [0.5, 0.6) is 0 Å². The quantitative estimate of drug-likeness (QED) is 0.202. The third kappa shape index (κ3) is 12.6. The summed E-state index contributed by atoms with van der Waals surface area (Å²) in [7, 11) is 0. The molecule has 0 spiro atoms. The normalized spacial score (nSPS) is 13.7. The average molecular weight is 325 g/mol. The van der Waals surface area contributed by atoms with Gasteiger partial charge in [0.05, 0.1) is 25.5 Å². The lowest BCUT2D eigenvalue weighted by molar-refractivity contribution is -0.900. The Bertz CT molecular complexity index is 305. The van der Waals surface area contributed by atoms with Crippen molar-refractivity contribution in [3.63, 3.8) is 0 Å². The number of carbonyl (C=O) groups is 2. The number of carbonyl (C=O) groups excluding carboxylic acids is 1. The van der Waals surface area contributed by atoms with E-state index in [0.717, 1.165) is 4.90 Å². The van der Waals surface area contributed by atoms with Gasteiger partial charge in [0.15, 0.2) is 0 Å². The molecule has 6 N–H and O–H groups in total. The van der Waals surface area contributed by atoms with Crippen molar-refractivity contribution in [3.8, 4) is 0 Å². The molecule has 0 aromatic rings. The first kappa shape index (κ1) is 20.1. The largest absolute Gasteiger partial charge is 0.481 e. The Hall–Kier alpha value is -0.890. The monoisotopic (exact) mass is 324 g/mol. The predicted molar refractivity (Wildman–Crippen MR) is 80.5 cm³/mol. The lowest BCUT2D eigenvalue weighted by Crippen LogP contribution is -3.14. The summed E-state index contributed by atoms with van der Waals surface area (Å²) in [5.41, 5.74) is 5.51. The molecule has 8 heteroatoms. The molecule has 0 saturated carbocycles. The van der Waals surface area contributed by atoms with Crippen molar-refractivity contribution in [2.45, 2.75) is 31.8 Å². The first-order chi connectivity index (χ1) is 9.99. The van der Waals surface area contributed by atoms with Gasteiger partial charge in [0.1, 0.15) is 12.6 Å². The minimum absolute atomic E-state index is 0.0784. The molecule has 2 atom stereocenters. The highest BCUT2D eigenvalue weighted by Gasteiger charge is 2.13. The molecule has 0 aliphatic carbocycles. The number of aliphatic hydroxyl groups excluding tert-OH is 1. The zero-order valence-electron chi connectivity index (χ0n) is 12.3. The molecule has 0 aromatic carbocycles. The van der Waals surface area contributed by atoms with E-state index in [9.17, 15) is 14.7 Å². The lowest BCUT2D eigenvalue weighted by Gasteiger charge is -2.21. The SMILES string of the molecule is NCC[NH+](CCNC(=O)CCCCC(=O)O)CC(O)CCl. The van der Waals surface area contributed by atoms with E-state index in [-0.39, 0.29) is 18.2 Å². The molecular formula is C13H27ClN3O4+. The molecule has 1 amide bonds. The fourth-order valence-electron chi connectivity index (χ4n) is 1.95. The lowest BCUT2D eigenvalue weighted by atomic mass is 10.2. The number of halogens is 1. The van der Waals surface area contributed by atoms with Crippen LogP contribution in [-0.4, -0.2) is 66.8 Å². The molecule has 0 aromatic heterocycles. The molecule has 7 nitrogen and oxygen atoms in total. The van der Waals surface area contributed by atoms with Gasteiger partial charge in [0.25, 0.3) is 0 Å². The zero-order valence-corrected chi connectivity index (χ0v) is 13.1. The second kappa shape index (κ2) is 12.8. The highest BCUT2D eigenvalue weighted by Crippen LogP contribution is 1.99. The molecule has 0 bridgehead atoms. The number of carboxylic acid groups (broad SMARTS) is 1. The Morgan fingerprint density at radius 3 is 2.48 bits per heavy atom. The Kier molecular flexibility index (Phi) is 12.3. The first-order valence-corrected chi connectivity index (χ1v) is 7.79. The summed E-state index contributed by atoms with van der Waals surface area (Å²) < 4.78 is 0. The number of carboxylic acids is 1. The van der Waals surface area contributed by atoms with E-state index >= 15 is 0 Å². The van der Waals surface area contributed by atoms with Gasteiger partial charge < -0.3 is 26.2 Å². The molecular weight excluding hydrogens is 298 g/mol. The number of nitrogens with one attached hydrogen (secondary N) is 2. The molecule has 0 radical (unpaired) electrons. The maximum absolute atomic E-state index is 11.5. The second-order valence-corrected chi connectivity index (χ2v) is 5.31. The molecule has 0 aliphatic rings. The summed E-state index contributed by atoms with van der Waals surface area (Å²) in [4.78, 5) is 23.0. The van der Waals surface area contributed by atoms with Crippen LogP contribution in [0.4, 0.5) is 0 Å². The summed E-state index contributed by atoms with van der Waals surface area (Å²) in [5, 5.41) is 20.8. The van der Waals surface area contributed by atoms with Crippen LogP contribution in [0.1, 0.15) is 25.7 Å². The third-order valence-electron chi connectivity index (χ3n) is 3.05. The van der Waals surface area contributed by atoms with Crippen molar-refractivity contribution in [2.24, 2.45) is 5.73 Å². The standard InChI is InChI=1S/C13H26ClN3O4/c14-9-11(18)10-17(7-5-15)8-6-16-12(19)3-1-2-4-13(20)21/h11,18H,1-10,15H2,(H,16,19)(H,20,21)/p+1. The van der Waals surface area contributed by atoms with Gasteiger partial charge in [-0.3, -0.25) is 9.59 Å². The zero-order chi connectivity index (χ0) is 16.1. The van der Waals surface area contributed by atoms with Gasteiger partial charge in [0.2, 0.25) is 5.91 Å². The van der Waals surface area contributed by atoms with Crippen LogP contribution in [0.25, 0.3) is 0 Å². The Labute approximate surface area is 130 Å². The number of rotatable bonds is 13. The number of hydrogen-bond donors (Lipinski definition) is 5. The average Bonchev–Trinajstić information content (AvgIpc) is 2.43. The summed E-state index contributed by atoms with van der Waals surface area (Å²) in [5.74, 6) is -0.732. The molecule has 0 aliphatic heterocycles. The number of hydrogen-bond acceptors (Lipinski definition) is 4. The number of aliphatic hydroxyl groups is 1. The fraction of sp³-hybridized carbons (Fsp3) is 0.846. The Balaban J connectivity index is 3.76. The summed E-state index contributed by atoms with van der Waals surface area (Å²) in [6, 6.07) is 0. The van der Waals surface area contributed by atoms with Crippen LogP contribution in [-0.2, 0) is 9.59 Å². The van der Waals surface area contributed by atoms with E-state index in [2.05, 4.69) is 5.32 Å².